The molecule has 0 fully saturated rings. The molecule has 0 aromatic heterocycles. The molecule has 0 heterocycles. The fourth-order valence-corrected chi connectivity index (χ4v) is 2.99. The molecular weight excluding hydrogens is 376 g/mol. The largest absolute Gasteiger partial charge is 0.310 e. The minimum absolute atomic E-state index is 0.0443. The lowest BCUT2D eigenvalue weighted by Crippen LogP contribution is -2.23. The second-order valence-corrected chi connectivity index (χ2v) is 6.42. The molecule has 0 saturated heterocycles. The fourth-order valence-electron chi connectivity index (χ4n) is 2.20. The number of rotatable bonds is 5. The van der Waals surface area contributed by atoms with Crippen molar-refractivity contribution in [2.24, 2.45) is 0 Å². The van der Waals surface area contributed by atoms with E-state index in [-0.39, 0.29) is 11.9 Å². The number of halogens is 4. The monoisotopic (exact) mass is 389 g/mol. The lowest BCUT2D eigenvalue weighted by Gasteiger charge is -2.20. The van der Waals surface area contributed by atoms with E-state index in [9.17, 15) is 4.39 Å². The van der Waals surface area contributed by atoms with Crippen LogP contribution in [0.25, 0.3) is 0 Å². The van der Waals surface area contributed by atoms with Crippen LogP contribution in [-0.2, 0) is 6.42 Å². The van der Waals surface area contributed by atoms with Crippen molar-refractivity contribution in [1.82, 2.24) is 5.32 Å². The van der Waals surface area contributed by atoms with Crippen molar-refractivity contribution in [3.63, 3.8) is 0 Å². The summed E-state index contributed by atoms with van der Waals surface area (Å²) >= 11 is 15.5. The molecule has 0 aliphatic rings. The molecule has 0 aliphatic heterocycles. The maximum Gasteiger partial charge on any atom is 0.137 e. The second-order valence-electron chi connectivity index (χ2n) is 4.72. The normalized spacial score (nSPS) is 12.4. The van der Waals surface area contributed by atoms with Gasteiger partial charge in [-0.2, -0.15) is 0 Å². The summed E-state index contributed by atoms with van der Waals surface area (Å²) in [7, 11) is 0. The maximum atomic E-state index is 13.4. The number of likely N-dealkylation sites (N-methyl/N-ethyl adjacent to an activating group) is 1. The average Bonchev–Trinajstić information content (AvgIpc) is 2.45. The van der Waals surface area contributed by atoms with E-state index in [1.54, 1.807) is 24.3 Å². The predicted molar refractivity (Wildman–Crippen MR) is 90.7 cm³/mol. The van der Waals surface area contributed by atoms with Gasteiger partial charge in [0.05, 0.1) is 4.47 Å². The highest BCUT2D eigenvalue weighted by Crippen LogP contribution is 2.28. The van der Waals surface area contributed by atoms with E-state index in [1.165, 1.54) is 6.07 Å². The van der Waals surface area contributed by atoms with Crippen molar-refractivity contribution in [2.75, 3.05) is 6.54 Å². The predicted octanol–water partition coefficient (Wildman–Crippen LogP) is 5.79. The molecule has 0 spiro atoms. The van der Waals surface area contributed by atoms with Crippen LogP contribution in [0.15, 0.2) is 40.9 Å². The van der Waals surface area contributed by atoms with Crippen LogP contribution in [0.1, 0.15) is 24.1 Å². The lowest BCUT2D eigenvalue weighted by molar-refractivity contribution is 0.546. The zero-order chi connectivity index (χ0) is 15.4. The zero-order valence-electron chi connectivity index (χ0n) is 11.5. The molecule has 0 saturated carbocycles. The minimum Gasteiger partial charge on any atom is -0.310 e. The van der Waals surface area contributed by atoms with Gasteiger partial charge < -0.3 is 5.32 Å². The molecule has 0 bridgehead atoms. The van der Waals surface area contributed by atoms with Crippen molar-refractivity contribution >= 4 is 39.1 Å². The summed E-state index contributed by atoms with van der Waals surface area (Å²) in [6, 6.07) is 10.5. The molecule has 0 radical (unpaired) electrons. The lowest BCUT2D eigenvalue weighted by atomic mass is 9.98. The van der Waals surface area contributed by atoms with Gasteiger partial charge in [-0.25, -0.2) is 4.39 Å². The molecule has 0 aliphatic carbocycles. The van der Waals surface area contributed by atoms with Crippen LogP contribution in [0.3, 0.4) is 0 Å². The Labute approximate surface area is 142 Å². The molecule has 2 rings (SSSR count). The van der Waals surface area contributed by atoms with E-state index in [1.807, 2.05) is 13.0 Å². The Balaban J connectivity index is 2.30. The van der Waals surface area contributed by atoms with Crippen molar-refractivity contribution in [1.29, 1.82) is 0 Å². The van der Waals surface area contributed by atoms with Gasteiger partial charge in [0.1, 0.15) is 5.82 Å². The van der Waals surface area contributed by atoms with Gasteiger partial charge in [0.15, 0.2) is 0 Å². The molecule has 1 nitrogen and oxygen atoms in total. The van der Waals surface area contributed by atoms with Gasteiger partial charge in [0, 0.05) is 16.1 Å². The highest BCUT2D eigenvalue weighted by Gasteiger charge is 2.15. The quantitative estimate of drug-likeness (QED) is 0.681. The molecule has 21 heavy (non-hydrogen) atoms. The molecule has 1 N–H and O–H groups in total. The van der Waals surface area contributed by atoms with Crippen LogP contribution in [0.4, 0.5) is 4.39 Å². The number of benzene rings is 2. The first-order chi connectivity index (χ1) is 10.0. The van der Waals surface area contributed by atoms with Crippen LogP contribution in [-0.4, -0.2) is 6.54 Å². The molecule has 0 amide bonds. The first-order valence-electron chi connectivity index (χ1n) is 6.63. The highest BCUT2D eigenvalue weighted by molar-refractivity contribution is 9.10. The fraction of sp³-hybridized carbons (Fsp3) is 0.250. The average molecular weight is 391 g/mol. The summed E-state index contributed by atoms with van der Waals surface area (Å²) in [5, 5.41) is 4.74. The van der Waals surface area contributed by atoms with Crippen molar-refractivity contribution < 1.29 is 4.39 Å². The van der Waals surface area contributed by atoms with Gasteiger partial charge in [-0.05, 0) is 70.4 Å². The Morgan fingerprint density at radius 2 is 1.95 bits per heavy atom. The van der Waals surface area contributed by atoms with Crippen LogP contribution in [0.5, 0.6) is 0 Å². The van der Waals surface area contributed by atoms with Crippen molar-refractivity contribution in [2.45, 2.75) is 19.4 Å². The van der Waals surface area contributed by atoms with E-state index < -0.39 is 0 Å². The molecule has 1 atom stereocenters. The maximum absolute atomic E-state index is 13.4. The topological polar surface area (TPSA) is 12.0 Å². The molecule has 2 aromatic carbocycles. The van der Waals surface area contributed by atoms with Crippen LogP contribution < -0.4 is 5.32 Å². The number of hydrogen-bond acceptors (Lipinski definition) is 1. The summed E-state index contributed by atoms with van der Waals surface area (Å²) in [6.07, 6.45) is 0.686. The Morgan fingerprint density at radius 1 is 1.19 bits per heavy atom. The molecule has 5 heteroatoms. The first-order valence-corrected chi connectivity index (χ1v) is 8.18. The Hall–Kier alpha value is -0.610. The Bertz CT molecular complexity index is 634. The first kappa shape index (κ1) is 16.8. The number of nitrogens with one attached hydrogen (secondary N) is 1. The second kappa shape index (κ2) is 7.59. The third kappa shape index (κ3) is 4.43. The molecule has 1 unspecified atom stereocenters. The van der Waals surface area contributed by atoms with Crippen LogP contribution in [0, 0.1) is 5.82 Å². The third-order valence-electron chi connectivity index (χ3n) is 3.23. The smallest absolute Gasteiger partial charge is 0.137 e. The van der Waals surface area contributed by atoms with E-state index in [2.05, 4.69) is 21.2 Å². The summed E-state index contributed by atoms with van der Waals surface area (Å²) in [6.45, 7) is 2.84. The van der Waals surface area contributed by atoms with E-state index >= 15 is 0 Å². The Kier molecular flexibility index (Phi) is 6.06. The van der Waals surface area contributed by atoms with Gasteiger partial charge in [-0.1, -0.05) is 36.2 Å². The zero-order valence-corrected chi connectivity index (χ0v) is 14.6. The van der Waals surface area contributed by atoms with Crippen LogP contribution >= 0.6 is 39.1 Å². The highest BCUT2D eigenvalue weighted by atomic mass is 79.9. The van der Waals surface area contributed by atoms with Gasteiger partial charge in [-0.3, -0.25) is 0 Å². The number of hydrogen-bond donors (Lipinski definition) is 1. The summed E-state index contributed by atoms with van der Waals surface area (Å²) in [4.78, 5) is 0. The molecular formula is C16H15BrCl2FN. The van der Waals surface area contributed by atoms with Crippen molar-refractivity contribution in [3.8, 4) is 0 Å². The minimum atomic E-state index is -0.269. The van der Waals surface area contributed by atoms with E-state index in [0.29, 0.717) is 20.9 Å². The van der Waals surface area contributed by atoms with E-state index in [0.717, 1.165) is 17.7 Å². The van der Waals surface area contributed by atoms with Gasteiger partial charge in [0.2, 0.25) is 0 Å². The van der Waals surface area contributed by atoms with E-state index in [4.69, 9.17) is 23.2 Å². The standard InChI is InChI=1S/C16H15BrCl2FN/c1-2-21-16(10-3-6-15(20)13(17)8-10)9-11-7-12(18)4-5-14(11)19/h3-8,16,21H,2,9H2,1H3. The Morgan fingerprint density at radius 3 is 2.62 bits per heavy atom. The summed E-state index contributed by atoms with van der Waals surface area (Å²) in [5.41, 5.74) is 1.97. The molecule has 2 aromatic rings. The summed E-state index contributed by atoms with van der Waals surface area (Å²) < 4.78 is 13.8. The summed E-state index contributed by atoms with van der Waals surface area (Å²) in [5.74, 6) is -0.269. The SMILES string of the molecule is CCNC(Cc1cc(Cl)ccc1Cl)c1ccc(F)c(Br)c1. The third-order valence-corrected chi connectivity index (χ3v) is 4.44. The van der Waals surface area contributed by atoms with Gasteiger partial charge in [0.25, 0.3) is 0 Å². The van der Waals surface area contributed by atoms with Crippen molar-refractivity contribution in [3.05, 3.63) is 67.9 Å². The van der Waals surface area contributed by atoms with Crippen LogP contribution in [0.2, 0.25) is 10.0 Å². The van der Waals surface area contributed by atoms with Gasteiger partial charge >= 0.3 is 0 Å². The molecule has 112 valence electrons. The van der Waals surface area contributed by atoms with Gasteiger partial charge in [-0.15, -0.1) is 0 Å².